The number of carbonyl (C=O) groups excluding carboxylic acids is 1. The third-order valence-corrected chi connectivity index (χ3v) is 4.77. The smallest absolute Gasteiger partial charge is 0.169 e. The molecule has 132 valence electrons. The second-order valence-electron chi connectivity index (χ2n) is 6.88. The SMILES string of the molecule is Cc1ccc(CC(C(=O)c2ccccc2)C(O)c2ccc(C)cc2)cc1. The molecule has 2 atom stereocenters. The molecule has 0 aromatic heterocycles. The molecule has 0 aliphatic heterocycles. The third kappa shape index (κ3) is 4.27. The van der Waals surface area contributed by atoms with Crippen LogP contribution in [0.3, 0.4) is 0 Å². The molecule has 0 radical (unpaired) electrons. The fourth-order valence-corrected chi connectivity index (χ4v) is 3.14. The fourth-order valence-electron chi connectivity index (χ4n) is 3.14. The van der Waals surface area contributed by atoms with E-state index in [1.807, 2.05) is 92.7 Å². The van der Waals surface area contributed by atoms with E-state index in [-0.39, 0.29) is 5.78 Å². The van der Waals surface area contributed by atoms with Crippen molar-refractivity contribution in [1.82, 2.24) is 0 Å². The van der Waals surface area contributed by atoms with Crippen LogP contribution < -0.4 is 0 Å². The van der Waals surface area contributed by atoms with Crippen LogP contribution in [0.2, 0.25) is 0 Å². The molecule has 2 heteroatoms. The lowest BCUT2D eigenvalue weighted by molar-refractivity contribution is 0.0676. The minimum atomic E-state index is -0.843. The van der Waals surface area contributed by atoms with E-state index in [1.165, 1.54) is 5.56 Å². The summed E-state index contributed by atoms with van der Waals surface area (Å²) in [5, 5.41) is 11.0. The van der Waals surface area contributed by atoms with Crippen molar-refractivity contribution in [1.29, 1.82) is 0 Å². The highest BCUT2D eigenvalue weighted by Gasteiger charge is 2.29. The summed E-state index contributed by atoms with van der Waals surface area (Å²) >= 11 is 0. The Morgan fingerprint density at radius 2 is 1.35 bits per heavy atom. The van der Waals surface area contributed by atoms with Gasteiger partial charge in [0.2, 0.25) is 0 Å². The van der Waals surface area contributed by atoms with E-state index in [4.69, 9.17) is 0 Å². The minimum absolute atomic E-state index is 0.0285. The first-order valence-corrected chi connectivity index (χ1v) is 8.94. The molecule has 0 fully saturated rings. The summed E-state index contributed by atoms with van der Waals surface area (Å²) in [5.74, 6) is -0.554. The highest BCUT2D eigenvalue weighted by molar-refractivity contribution is 5.98. The molecule has 0 saturated carbocycles. The molecule has 3 aromatic rings. The van der Waals surface area contributed by atoms with Gasteiger partial charge in [0.25, 0.3) is 0 Å². The van der Waals surface area contributed by atoms with Crippen LogP contribution in [0.25, 0.3) is 0 Å². The van der Waals surface area contributed by atoms with Gasteiger partial charge < -0.3 is 5.11 Å². The van der Waals surface area contributed by atoms with Gasteiger partial charge in [0.05, 0.1) is 12.0 Å². The van der Waals surface area contributed by atoms with Gasteiger partial charge in [-0.3, -0.25) is 4.79 Å². The maximum Gasteiger partial charge on any atom is 0.169 e. The standard InChI is InChI=1S/C24H24O2/c1-17-8-12-19(13-9-17)16-22(23(25)20-6-4-3-5-7-20)24(26)21-14-10-18(2)11-15-21/h3-15,22,24,26H,16H2,1-2H3. The van der Waals surface area contributed by atoms with Crippen LogP contribution in [0, 0.1) is 19.8 Å². The molecular weight excluding hydrogens is 320 g/mol. The summed E-state index contributed by atoms with van der Waals surface area (Å²) in [6.45, 7) is 4.05. The summed E-state index contributed by atoms with van der Waals surface area (Å²) < 4.78 is 0. The van der Waals surface area contributed by atoms with Crippen LogP contribution in [0.1, 0.15) is 38.7 Å². The molecule has 2 unspecified atom stereocenters. The molecule has 0 spiro atoms. The number of aliphatic hydroxyl groups excluding tert-OH is 1. The molecule has 0 bridgehead atoms. The van der Waals surface area contributed by atoms with Crippen molar-refractivity contribution in [3.05, 3.63) is 107 Å². The maximum absolute atomic E-state index is 13.1. The van der Waals surface area contributed by atoms with Gasteiger partial charge in [0.1, 0.15) is 0 Å². The van der Waals surface area contributed by atoms with Crippen LogP contribution in [0.15, 0.2) is 78.9 Å². The molecular formula is C24H24O2. The quantitative estimate of drug-likeness (QED) is 0.633. The van der Waals surface area contributed by atoms with Gasteiger partial charge in [-0.25, -0.2) is 0 Å². The van der Waals surface area contributed by atoms with Crippen molar-refractivity contribution in [3.8, 4) is 0 Å². The number of hydrogen-bond acceptors (Lipinski definition) is 2. The zero-order valence-electron chi connectivity index (χ0n) is 15.2. The van der Waals surface area contributed by atoms with E-state index in [0.717, 1.165) is 16.7 Å². The lowest BCUT2D eigenvalue weighted by Crippen LogP contribution is -2.25. The molecule has 0 aliphatic rings. The topological polar surface area (TPSA) is 37.3 Å². The molecule has 1 N–H and O–H groups in total. The van der Waals surface area contributed by atoms with Gasteiger partial charge in [-0.15, -0.1) is 0 Å². The highest BCUT2D eigenvalue weighted by Crippen LogP contribution is 2.29. The zero-order chi connectivity index (χ0) is 18.5. The first-order valence-electron chi connectivity index (χ1n) is 8.94. The number of aryl methyl sites for hydroxylation is 2. The Morgan fingerprint density at radius 3 is 1.92 bits per heavy atom. The van der Waals surface area contributed by atoms with E-state index < -0.39 is 12.0 Å². The highest BCUT2D eigenvalue weighted by atomic mass is 16.3. The van der Waals surface area contributed by atoms with Gasteiger partial charge in [-0.05, 0) is 31.4 Å². The van der Waals surface area contributed by atoms with Crippen LogP contribution >= 0.6 is 0 Å². The maximum atomic E-state index is 13.1. The first kappa shape index (κ1) is 18.1. The predicted molar refractivity (Wildman–Crippen MR) is 105 cm³/mol. The lowest BCUT2D eigenvalue weighted by Gasteiger charge is -2.23. The second kappa shape index (κ2) is 8.11. The Kier molecular flexibility index (Phi) is 5.65. The molecule has 3 aromatic carbocycles. The predicted octanol–water partition coefficient (Wildman–Crippen LogP) is 5.08. The van der Waals surface area contributed by atoms with E-state index in [0.29, 0.717) is 12.0 Å². The molecule has 26 heavy (non-hydrogen) atoms. The number of ketones is 1. The Balaban J connectivity index is 1.93. The molecule has 0 amide bonds. The molecule has 3 rings (SSSR count). The molecule has 0 heterocycles. The number of aliphatic hydroxyl groups is 1. The van der Waals surface area contributed by atoms with Crippen molar-refractivity contribution < 1.29 is 9.90 Å². The van der Waals surface area contributed by atoms with Gasteiger partial charge >= 0.3 is 0 Å². The van der Waals surface area contributed by atoms with Crippen LogP contribution in [0.4, 0.5) is 0 Å². The van der Waals surface area contributed by atoms with Gasteiger partial charge in [0.15, 0.2) is 5.78 Å². The van der Waals surface area contributed by atoms with E-state index in [1.54, 1.807) is 0 Å². The van der Waals surface area contributed by atoms with E-state index in [2.05, 4.69) is 0 Å². The summed E-state index contributed by atoms with van der Waals surface area (Å²) in [5.41, 5.74) is 4.77. The van der Waals surface area contributed by atoms with Crippen molar-refractivity contribution in [2.75, 3.05) is 0 Å². The largest absolute Gasteiger partial charge is 0.388 e. The van der Waals surface area contributed by atoms with Crippen LogP contribution in [-0.4, -0.2) is 10.9 Å². The number of rotatable bonds is 6. The summed E-state index contributed by atoms with van der Waals surface area (Å²) in [6, 6.07) is 25.1. The van der Waals surface area contributed by atoms with Crippen molar-refractivity contribution in [3.63, 3.8) is 0 Å². The monoisotopic (exact) mass is 344 g/mol. The van der Waals surface area contributed by atoms with Crippen molar-refractivity contribution in [2.45, 2.75) is 26.4 Å². The zero-order valence-corrected chi connectivity index (χ0v) is 15.2. The average Bonchev–Trinajstić information content (AvgIpc) is 2.68. The second-order valence-corrected chi connectivity index (χ2v) is 6.88. The van der Waals surface area contributed by atoms with Gasteiger partial charge in [0, 0.05) is 5.56 Å². The number of benzene rings is 3. The van der Waals surface area contributed by atoms with E-state index >= 15 is 0 Å². The van der Waals surface area contributed by atoms with Crippen LogP contribution in [0.5, 0.6) is 0 Å². The Morgan fingerprint density at radius 1 is 0.808 bits per heavy atom. The number of hydrogen-bond donors (Lipinski definition) is 1. The summed E-state index contributed by atoms with van der Waals surface area (Å²) in [6.07, 6.45) is -0.340. The minimum Gasteiger partial charge on any atom is -0.388 e. The fraction of sp³-hybridized carbons (Fsp3) is 0.208. The van der Waals surface area contributed by atoms with Crippen LogP contribution in [-0.2, 0) is 6.42 Å². The summed E-state index contributed by atoms with van der Waals surface area (Å²) in [4.78, 5) is 13.1. The van der Waals surface area contributed by atoms with Gasteiger partial charge in [-0.2, -0.15) is 0 Å². The molecule has 2 nitrogen and oxygen atoms in total. The average molecular weight is 344 g/mol. The Labute approximate surface area is 155 Å². The number of Topliss-reactive ketones (excluding diaryl/α,β-unsaturated/α-hetero) is 1. The first-order chi connectivity index (χ1) is 12.5. The lowest BCUT2D eigenvalue weighted by atomic mass is 9.84. The number of carbonyl (C=O) groups is 1. The molecule has 0 aliphatic carbocycles. The molecule has 0 saturated heterocycles. The summed E-state index contributed by atoms with van der Waals surface area (Å²) in [7, 11) is 0. The van der Waals surface area contributed by atoms with Gasteiger partial charge in [-0.1, -0.05) is 90.0 Å². The van der Waals surface area contributed by atoms with E-state index in [9.17, 15) is 9.90 Å². The van der Waals surface area contributed by atoms with Crippen molar-refractivity contribution in [2.24, 2.45) is 5.92 Å². The normalized spacial score (nSPS) is 13.2. The third-order valence-electron chi connectivity index (χ3n) is 4.77. The van der Waals surface area contributed by atoms with Crippen molar-refractivity contribution >= 4 is 5.78 Å². The Hall–Kier alpha value is -2.71. The Bertz CT molecular complexity index is 849.